The molecule has 0 spiro atoms. The van der Waals surface area contributed by atoms with E-state index in [1.807, 2.05) is 27.7 Å². The zero-order valence-electron chi connectivity index (χ0n) is 63.5. The van der Waals surface area contributed by atoms with Crippen molar-refractivity contribution in [2.75, 3.05) is 6.61 Å². The van der Waals surface area contributed by atoms with E-state index in [0.717, 1.165) is 33.1 Å². The maximum absolute atomic E-state index is 13.4. The molecule has 30 unspecified atom stereocenters. The first-order valence-electron chi connectivity index (χ1n) is 37.9. The Morgan fingerprint density at radius 1 is 0.378 bits per heavy atom. The minimum Gasteiger partial charge on any atom is -0.463 e. The van der Waals surface area contributed by atoms with E-state index in [1.54, 1.807) is 6.92 Å². The minimum atomic E-state index is -4.67. The average molecular weight is 1600 g/mol. The lowest BCUT2D eigenvalue weighted by Crippen LogP contribution is -2.50. The lowest BCUT2D eigenvalue weighted by molar-refractivity contribution is -0.231. The van der Waals surface area contributed by atoms with Gasteiger partial charge < -0.3 is 56.8 Å². The van der Waals surface area contributed by atoms with Gasteiger partial charge in [0.25, 0.3) is 0 Å². The van der Waals surface area contributed by atoms with Crippen molar-refractivity contribution < 1.29 is 163 Å². The van der Waals surface area contributed by atoms with E-state index in [0.29, 0.717) is 77.6 Å². The van der Waals surface area contributed by atoms with Gasteiger partial charge in [-0.2, -0.15) is 39.5 Å². The van der Waals surface area contributed by atoms with E-state index < -0.39 is 131 Å². The minimum absolute atomic E-state index is 0.000649. The molecule has 24 nitrogen and oxygen atoms in total. The first-order chi connectivity index (χ1) is 50.9. The van der Waals surface area contributed by atoms with Crippen LogP contribution in [0.25, 0.3) is 0 Å². The number of hydrogen-bond acceptors (Lipinski definition) is 24. The van der Waals surface area contributed by atoms with E-state index in [2.05, 4.69) is 0 Å². The molecule has 12 bridgehead atoms. The Labute approximate surface area is 630 Å². The van der Waals surface area contributed by atoms with Gasteiger partial charge in [0.15, 0.2) is 5.41 Å². The van der Waals surface area contributed by atoms with Gasteiger partial charge in [0, 0.05) is 91.8 Å². The first-order valence-corrected chi connectivity index (χ1v) is 37.9. The fourth-order valence-electron chi connectivity index (χ4n) is 22.3. The number of rotatable bonds is 13. The van der Waals surface area contributed by atoms with E-state index >= 15 is 0 Å². The molecule has 0 aromatic rings. The molecular formula is C76H93F11O24. The molecule has 6 heterocycles. The Kier molecular flexibility index (Phi) is 19.9. The summed E-state index contributed by atoms with van der Waals surface area (Å²) < 4.78 is 204. The second kappa shape index (κ2) is 27.0. The van der Waals surface area contributed by atoms with Crippen molar-refractivity contribution >= 4 is 71.6 Å². The number of hydrogen-bond donors (Lipinski definition) is 0. The monoisotopic (exact) mass is 1600 g/mol. The molecule has 0 aromatic carbocycles. The summed E-state index contributed by atoms with van der Waals surface area (Å²) in [5.74, 6) is -19.5. The third-order valence-electron chi connectivity index (χ3n) is 28.1. The first kappa shape index (κ1) is 81.9. The van der Waals surface area contributed by atoms with Crippen LogP contribution in [0.5, 0.6) is 0 Å². The van der Waals surface area contributed by atoms with Gasteiger partial charge in [-0.1, -0.05) is 27.7 Å². The maximum Gasteiger partial charge on any atom is 0.404 e. The molecular weight excluding hydrogens is 1510 g/mol. The molecule has 618 valence electrons. The molecule has 18 aliphatic rings. The highest BCUT2D eigenvalue weighted by atomic mass is 19.4. The fourth-order valence-corrected chi connectivity index (χ4v) is 22.3. The van der Waals surface area contributed by atoms with Gasteiger partial charge in [-0.05, 0) is 129 Å². The summed E-state index contributed by atoms with van der Waals surface area (Å²) in [5, 5.41) is 0. The molecule has 18 fully saturated rings. The Hall–Kier alpha value is -7.13. The lowest BCUT2D eigenvalue weighted by Gasteiger charge is -2.37. The quantitative estimate of drug-likeness (QED) is 0.0940. The fraction of sp³-hybridized carbons (Fsp3) is 0.842. The van der Waals surface area contributed by atoms with Crippen molar-refractivity contribution in [2.45, 2.75) is 263 Å². The topological polar surface area (TPSA) is 316 Å². The number of esters is 12. The molecule has 0 amide bonds. The summed E-state index contributed by atoms with van der Waals surface area (Å²) in [5.41, 5.74) is -8.21. The standard InChI is InChI=1S/C13H15F3O4.2C13H16F2O4.C13H17FO4.C12H14F2O4.C12H15FO4/c1-12(2,13(14,15)16)11(18)20-8-5-3-6-7(4-5)10(17)19-9(6)8;1-12(2)6-4-5-7(12)9(18-10(5)16)8(6)19-11(17)13(3,14)15;1-12(2)6-4-5-7(12)10(16)18-8(5)9(6)19-11(17)13(3,14)15;1-13(2,14)12(16)17-5-9-6-3-7-8(4-6)11(15)18-10(7)9;1-11(18-10(16)12(2,13)14)5-3-6-7(4-5)9(15)17-8(6)11;1-12(2,13)11(15)17-8-5-3-6-7(4-5)10(14)16-9(6)8/h5-9H,3-4H2,1-2H3;2*5-9H,4H2,1-3H3;6-10H,3-5H2,1-2H3;5-8H,3-4H2,1-2H3;5-9H,3-4H2,1-2H3. The second-order valence-corrected chi connectivity index (χ2v) is 37.0. The normalized spacial score (nSPS) is 42.1. The summed E-state index contributed by atoms with van der Waals surface area (Å²) in [4.78, 5) is 138. The predicted molar refractivity (Wildman–Crippen MR) is 346 cm³/mol. The zero-order valence-corrected chi connectivity index (χ0v) is 63.5. The van der Waals surface area contributed by atoms with Crippen molar-refractivity contribution in [1.29, 1.82) is 0 Å². The van der Waals surface area contributed by atoms with Gasteiger partial charge in [-0.3, -0.25) is 33.6 Å². The molecule has 12 saturated carbocycles. The van der Waals surface area contributed by atoms with Gasteiger partial charge in [0.1, 0.15) is 66.6 Å². The Morgan fingerprint density at radius 3 is 1.27 bits per heavy atom. The van der Waals surface area contributed by atoms with Crippen molar-refractivity contribution in [3.63, 3.8) is 0 Å². The average Bonchev–Trinajstić information content (AvgIpc) is 1.53. The van der Waals surface area contributed by atoms with Gasteiger partial charge >= 0.3 is 95.6 Å². The number of ether oxygens (including phenoxy) is 12. The highest BCUT2D eigenvalue weighted by Crippen LogP contribution is 2.68. The van der Waals surface area contributed by atoms with Crippen LogP contribution < -0.4 is 0 Å². The SMILES string of the molecule is CC(C)(C(=O)OC1C2CC3C(=O)OC1C3C2)C(F)(F)F.CC(C)(F)C(=O)OC1C2CC3C(=O)OC1C3C2.CC(C)(F)C(=O)OCC1C2CC3C(=O)OC1C3C2.CC(F)(F)C(=O)OC1(C)C2CC3C(=O)OC1C3C2.CC(F)(F)C(=O)OC1C2OC(=O)C3C2CC1C3(C)C.CC(F)(F)C(=O)OC1C2OC(=O)C3CC1C(C)(C)C32. The van der Waals surface area contributed by atoms with Crippen molar-refractivity contribution in [3.05, 3.63) is 0 Å². The third-order valence-corrected chi connectivity index (χ3v) is 28.1. The van der Waals surface area contributed by atoms with Crippen LogP contribution in [0, 0.1) is 129 Å². The van der Waals surface area contributed by atoms with Gasteiger partial charge in [-0.15, -0.1) is 0 Å². The van der Waals surface area contributed by atoms with Crippen molar-refractivity contribution in [2.24, 2.45) is 129 Å². The highest BCUT2D eigenvalue weighted by Gasteiger charge is 2.75. The summed E-state index contributed by atoms with van der Waals surface area (Å²) in [6.45, 7) is 17.4. The Bertz CT molecular complexity index is 3820. The number of fused-ring (bicyclic) bond motifs is 6. The number of halogens is 11. The van der Waals surface area contributed by atoms with Crippen LogP contribution >= 0.6 is 0 Å². The molecule has 30 atom stereocenters. The second-order valence-electron chi connectivity index (χ2n) is 37.0. The highest BCUT2D eigenvalue weighted by molar-refractivity contribution is 5.84. The number of carbonyl (C=O) groups is 12. The molecule has 35 heteroatoms. The molecule has 18 rings (SSSR count). The molecule has 0 N–H and O–H groups in total. The van der Waals surface area contributed by atoms with Crippen LogP contribution in [0.15, 0.2) is 0 Å². The summed E-state index contributed by atoms with van der Waals surface area (Å²) in [6, 6.07) is 0. The number of alkyl halides is 11. The lowest BCUT2D eigenvalue weighted by atomic mass is 9.68. The van der Waals surface area contributed by atoms with Crippen LogP contribution in [-0.2, 0) is 114 Å². The van der Waals surface area contributed by atoms with Gasteiger partial charge in [-0.25, -0.2) is 32.8 Å². The largest absolute Gasteiger partial charge is 0.463 e. The van der Waals surface area contributed by atoms with Crippen LogP contribution in [0.4, 0.5) is 48.3 Å². The summed E-state index contributed by atoms with van der Waals surface area (Å²) in [6.07, 6.45) is -2.83. The van der Waals surface area contributed by atoms with E-state index in [9.17, 15) is 106 Å². The van der Waals surface area contributed by atoms with Crippen LogP contribution in [0.2, 0.25) is 0 Å². The molecule has 6 saturated heterocycles. The van der Waals surface area contributed by atoms with Crippen LogP contribution in [0.1, 0.15) is 161 Å². The van der Waals surface area contributed by atoms with E-state index in [1.165, 1.54) is 27.7 Å². The summed E-state index contributed by atoms with van der Waals surface area (Å²) in [7, 11) is 0. The van der Waals surface area contributed by atoms with Crippen LogP contribution in [0.3, 0.4) is 0 Å². The third kappa shape index (κ3) is 13.8. The van der Waals surface area contributed by atoms with E-state index in [4.69, 9.17) is 56.8 Å². The van der Waals surface area contributed by atoms with Gasteiger partial charge in [0.2, 0.25) is 11.3 Å². The van der Waals surface area contributed by atoms with Crippen molar-refractivity contribution in [3.8, 4) is 0 Å². The molecule has 6 aliphatic heterocycles. The molecule has 12 aliphatic carbocycles. The predicted octanol–water partition coefficient (Wildman–Crippen LogP) is 9.84. The summed E-state index contributed by atoms with van der Waals surface area (Å²) >= 11 is 0. The zero-order chi connectivity index (χ0) is 81.9. The number of carbonyl (C=O) groups excluding carboxylic acids is 12. The Morgan fingerprint density at radius 2 is 0.775 bits per heavy atom. The smallest absolute Gasteiger partial charge is 0.404 e. The Balaban J connectivity index is 0.000000117. The van der Waals surface area contributed by atoms with E-state index in [-0.39, 0.29) is 166 Å². The molecule has 0 radical (unpaired) electrons. The van der Waals surface area contributed by atoms with Gasteiger partial charge in [0.05, 0.1) is 42.1 Å². The maximum atomic E-state index is 13.4. The van der Waals surface area contributed by atoms with Crippen LogP contribution in [-0.4, -0.2) is 180 Å². The molecule has 111 heavy (non-hydrogen) atoms. The van der Waals surface area contributed by atoms with Crippen molar-refractivity contribution in [1.82, 2.24) is 0 Å². The molecule has 0 aromatic heterocycles.